The molecule has 1 aromatic carbocycles. The number of benzene rings is 1. The van der Waals surface area contributed by atoms with Gasteiger partial charge in [0.05, 0.1) is 25.7 Å². The molecule has 2 rings (SSSR count). The first kappa shape index (κ1) is 16.1. The molecule has 1 N–H and O–H groups in total. The van der Waals surface area contributed by atoms with E-state index in [0.717, 1.165) is 5.56 Å². The van der Waals surface area contributed by atoms with Gasteiger partial charge in [-0.1, -0.05) is 6.07 Å². The smallest absolute Gasteiger partial charge is 0.161 e. The van der Waals surface area contributed by atoms with Crippen LogP contribution in [0.25, 0.3) is 0 Å². The third-order valence-corrected chi connectivity index (χ3v) is 5.88. The van der Waals surface area contributed by atoms with Gasteiger partial charge in [0.1, 0.15) is 0 Å². The van der Waals surface area contributed by atoms with Crippen LogP contribution in [0.1, 0.15) is 31.9 Å². The van der Waals surface area contributed by atoms with E-state index in [1.807, 2.05) is 32.0 Å². The fourth-order valence-electron chi connectivity index (χ4n) is 2.85. The van der Waals surface area contributed by atoms with E-state index >= 15 is 0 Å². The second-order valence-corrected chi connectivity index (χ2v) is 8.07. The molecule has 1 saturated heterocycles. The van der Waals surface area contributed by atoms with Gasteiger partial charge in [-0.25, -0.2) is 8.42 Å². The van der Waals surface area contributed by atoms with E-state index in [9.17, 15) is 8.42 Å². The van der Waals surface area contributed by atoms with Crippen LogP contribution < -0.4 is 14.8 Å². The van der Waals surface area contributed by atoms with Crippen molar-refractivity contribution < 1.29 is 17.9 Å². The SMILES string of the molecule is COc1ccc(C(C)NC2(C)CCS(=O)(=O)C2)cc1OC. The van der Waals surface area contributed by atoms with Crippen molar-refractivity contribution in [1.82, 2.24) is 5.32 Å². The van der Waals surface area contributed by atoms with Crippen molar-refractivity contribution in [3.05, 3.63) is 23.8 Å². The summed E-state index contributed by atoms with van der Waals surface area (Å²) in [4.78, 5) is 0. The first-order valence-electron chi connectivity index (χ1n) is 6.99. The number of hydrogen-bond donors (Lipinski definition) is 1. The quantitative estimate of drug-likeness (QED) is 0.900. The Balaban J connectivity index is 2.15. The molecule has 1 aliphatic heterocycles. The van der Waals surface area contributed by atoms with Gasteiger partial charge in [0.25, 0.3) is 0 Å². The zero-order valence-electron chi connectivity index (χ0n) is 13.0. The Morgan fingerprint density at radius 1 is 1.24 bits per heavy atom. The average Bonchev–Trinajstić information content (AvgIpc) is 2.71. The highest BCUT2D eigenvalue weighted by Crippen LogP contribution is 2.32. The maximum absolute atomic E-state index is 11.7. The Hall–Kier alpha value is -1.27. The molecule has 6 heteroatoms. The molecule has 0 aliphatic carbocycles. The average molecular weight is 313 g/mol. The summed E-state index contributed by atoms with van der Waals surface area (Å²) in [6, 6.07) is 5.78. The minimum absolute atomic E-state index is 0.0307. The van der Waals surface area contributed by atoms with Crippen molar-refractivity contribution >= 4 is 9.84 Å². The summed E-state index contributed by atoms with van der Waals surface area (Å²) in [5.41, 5.74) is 0.670. The molecule has 1 aromatic rings. The Labute approximate surface area is 126 Å². The van der Waals surface area contributed by atoms with E-state index in [4.69, 9.17) is 9.47 Å². The van der Waals surface area contributed by atoms with Crippen molar-refractivity contribution in [1.29, 1.82) is 0 Å². The maximum atomic E-state index is 11.7. The third-order valence-electron chi connectivity index (χ3n) is 3.98. The summed E-state index contributed by atoms with van der Waals surface area (Å²) in [6.07, 6.45) is 0.646. The van der Waals surface area contributed by atoms with Crippen molar-refractivity contribution in [2.24, 2.45) is 0 Å². The largest absolute Gasteiger partial charge is 0.493 e. The predicted molar refractivity (Wildman–Crippen MR) is 82.8 cm³/mol. The van der Waals surface area contributed by atoms with Crippen molar-refractivity contribution in [2.45, 2.75) is 31.8 Å². The summed E-state index contributed by atoms with van der Waals surface area (Å²) >= 11 is 0. The second kappa shape index (κ2) is 5.85. The second-order valence-electron chi connectivity index (χ2n) is 5.88. The molecule has 0 spiro atoms. The van der Waals surface area contributed by atoms with Crippen LogP contribution in [0.2, 0.25) is 0 Å². The van der Waals surface area contributed by atoms with Gasteiger partial charge >= 0.3 is 0 Å². The lowest BCUT2D eigenvalue weighted by Crippen LogP contribution is -2.44. The monoisotopic (exact) mass is 313 g/mol. The summed E-state index contributed by atoms with van der Waals surface area (Å²) in [5.74, 6) is 1.81. The number of rotatable bonds is 5. The number of nitrogens with one attached hydrogen (secondary N) is 1. The van der Waals surface area contributed by atoms with Crippen LogP contribution >= 0.6 is 0 Å². The number of sulfone groups is 1. The fraction of sp³-hybridized carbons (Fsp3) is 0.600. The van der Waals surface area contributed by atoms with E-state index in [1.54, 1.807) is 14.2 Å². The normalized spacial score (nSPS) is 25.5. The highest BCUT2D eigenvalue weighted by Gasteiger charge is 2.39. The Bertz CT molecular complexity index is 614. The Morgan fingerprint density at radius 2 is 1.90 bits per heavy atom. The molecule has 0 saturated carbocycles. The molecule has 2 atom stereocenters. The first-order valence-corrected chi connectivity index (χ1v) is 8.81. The van der Waals surface area contributed by atoms with Crippen LogP contribution in [-0.4, -0.2) is 39.7 Å². The zero-order valence-corrected chi connectivity index (χ0v) is 13.8. The lowest BCUT2D eigenvalue weighted by atomic mass is 9.98. The van der Waals surface area contributed by atoms with Crippen LogP contribution in [0.15, 0.2) is 18.2 Å². The standard InChI is InChI=1S/C15H23NO4S/c1-11(16-15(2)7-8-21(17,18)10-15)12-5-6-13(19-3)14(9-12)20-4/h5-6,9,11,16H,7-8,10H2,1-4H3. The molecule has 0 bridgehead atoms. The van der Waals surface area contributed by atoms with Crippen molar-refractivity contribution in [2.75, 3.05) is 25.7 Å². The molecule has 21 heavy (non-hydrogen) atoms. The van der Waals surface area contributed by atoms with Crippen molar-refractivity contribution in [3.8, 4) is 11.5 Å². The van der Waals surface area contributed by atoms with Gasteiger partial charge < -0.3 is 14.8 Å². The third kappa shape index (κ3) is 3.68. The van der Waals surface area contributed by atoms with E-state index in [1.165, 1.54) is 0 Å². The number of methoxy groups -OCH3 is 2. The van der Waals surface area contributed by atoms with E-state index < -0.39 is 9.84 Å². The van der Waals surface area contributed by atoms with Gasteiger partial charge in [0, 0.05) is 11.6 Å². The molecule has 0 radical (unpaired) electrons. The molecular weight excluding hydrogens is 290 g/mol. The number of ether oxygens (including phenoxy) is 2. The fourth-order valence-corrected chi connectivity index (χ4v) is 4.96. The van der Waals surface area contributed by atoms with Crippen molar-refractivity contribution in [3.63, 3.8) is 0 Å². The minimum atomic E-state index is -2.91. The molecule has 1 fully saturated rings. The topological polar surface area (TPSA) is 64.6 Å². The van der Waals surface area contributed by atoms with Crippen LogP contribution in [0.5, 0.6) is 11.5 Å². The summed E-state index contributed by atoms with van der Waals surface area (Å²) in [6.45, 7) is 3.99. The van der Waals surface area contributed by atoms with Gasteiger partial charge in [0.2, 0.25) is 0 Å². The molecule has 1 heterocycles. The van der Waals surface area contributed by atoms with Crippen LogP contribution in [0, 0.1) is 0 Å². The van der Waals surface area contributed by atoms with Gasteiger partial charge in [-0.3, -0.25) is 0 Å². The van der Waals surface area contributed by atoms with Crippen LogP contribution in [0.3, 0.4) is 0 Å². The molecule has 0 aromatic heterocycles. The lowest BCUT2D eigenvalue weighted by Gasteiger charge is -2.29. The summed E-state index contributed by atoms with van der Waals surface area (Å²) < 4.78 is 33.9. The van der Waals surface area contributed by atoms with Crippen LogP contribution in [0.4, 0.5) is 0 Å². The molecular formula is C15H23NO4S. The van der Waals surface area contributed by atoms with E-state index in [0.29, 0.717) is 17.9 Å². The number of hydrogen-bond acceptors (Lipinski definition) is 5. The molecule has 2 unspecified atom stereocenters. The maximum Gasteiger partial charge on any atom is 0.161 e. The van der Waals surface area contributed by atoms with Gasteiger partial charge in [-0.2, -0.15) is 0 Å². The molecule has 1 aliphatic rings. The Morgan fingerprint density at radius 3 is 2.43 bits per heavy atom. The van der Waals surface area contributed by atoms with Gasteiger partial charge in [-0.15, -0.1) is 0 Å². The highest BCUT2D eigenvalue weighted by molar-refractivity contribution is 7.91. The minimum Gasteiger partial charge on any atom is -0.493 e. The van der Waals surface area contributed by atoms with Crippen LogP contribution in [-0.2, 0) is 9.84 Å². The highest BCUT2D eigenvalue weighted by atomic mass is 32.2. The summed E-state index contributed by atoms with van der Waals surface area (Å²) in [5, 5.41) is 3.44. The Kier molecular flexibility index (Phi) is 4.49. The first-order chi connectivity index (χ1) is 9.78. The summed E-state index contributed by atoms with van der Waals surface area (Å²) in [7, 11) is 0.290. The van der Waals surface area contributed by atoms with E-state index in [2.05, 4.69) is 5.32 Å². The predicted octanol–water partition coefficient (Wildman–Crippen LogP) is 1.93. The molecule has 0 amide bonds. The van der Waals surface area contributed by atoms with Gasteiger partial charge in [0.15, 0.2) is 21.3 Å². The van der Waals surface area contributed by atoms with Gasteiger partial charge in [-0.05, 0) is 38.0 Å². The molecule has 5 nitrogen and oxygen atoms in total. The zero-order chi connectivity index (χ0) is 15.7. The molecule has 118 valence electrons. The van der Waals surface area contributed by atoms with E-state index in [-0.39, 0.29) is 23.1 Å². The lowest BCUT2D eigenvalue weighted by molar-refractivity contribution is 0.345.